The van der Waals surface area contributed by atoms with Gasteiger partial charge < -0.3 is 4.90 Å². The number of hydrogen-bond donors (Lipinski definition) is 0. The molecule has 6 heteroatoms. The molecule has 0 saturated carbocycles. The molecular weight excluding hydrogens is 276 g/mol. The van der Waals surface area contributed by atoms with Crippen molar-refractivity contribution in [1.82, 2.24) is 19.6 Å². The van der Waals surface area contributed by atoms with E-state index < -0.39 is 0 Å². The van der Waals surface area contributed by atoms with Crippen LogP contribution in [0.2, 0.25) is 5.02 Å². The summed E-state index contributed by atoms with van der Waals surface area (Å²) in [5.74, 6) is 0.606. The number of halogens is 1. The molecule has 110 valence electrons. The number of rotatable bonds is 3. The summed E-state index contributed by atoms with van der Waals surface area (Å²) in [5, 5.41) is 4.87. The Balaban J connectivity index is 1.48. The van der Waals surface area contributed by atoms with Crippen LogP contribution in [0.25, 0.3) is 0 Å². The molecule has 2 fully saturated rings. The molecule has 0 atom stereocenters. The van der Waals surface area contributed by atoms with Crippen LogP contribution >= 0.6 is 11.6 Å². The summed E-state index contributed by atoms with van der Waals surface area (Å²) in [4.78, 5) is 16.7. The first-order valence-electron chi connectivity index (χ1n) is 7.41. The monoisotopic (exact) mass is 296 g/mol. The number of piperidine rings is 1. The third-order valence-corrected chi connectivity index (χ3v) is 4.50. The van der Waals surface area contributed by atoms with Gasteiger partial charge in [-0.15, -0.1) is 0 Å². The van der Waals surface area contributed by atoms with Crippen LogP contribution in [0, 0.1) is 5.92 Å². The average Bonchev–Trinajstić information content (AvgIpc) is 3.11. The minimum absolute atomic E-state index is 0.227. The smallest absolute Gasteiger partial charge is 0.225 e. The first kappa shape index (κ1) is 13.9. The summed E-state index contributed by atoms with van der Waals surface area (Å²) < 4.78 is 1.85. The van der Waals surface area contributed by atoms with Gasteiger partial charge in [0, 0.05) is 38.3 Å². The molecule has 0 N–H and O–H groups in total. The molecule has 1 amide bonds. The lowest BCUT2D eigenvalue weighted by Gasteiger charge is -2.32. The van der Waals surface area contributed by atoms with Crippen molar-refractivity contribution in [1.29, 1.82) is 0 Å². The Labute approximate surface area is 124 Å². The van der Waals surface area contributed by atoms with Crippen molar-refractivity contribution in [3.05, 3.63) is 17.4 Å². The summed E-state index contributed by atoms with van der Waals surface area (Å²) in [5.41, 5.74) is 0. The fourth-order valence-electron chi connectivity index (χ4n) is 3.14. The van der Waals surface area contributed by atoms with Crippen molar-refractivity contribution in [2.75, 3.05) is 26.2 Å². The Morgan fingerprint density at radius 2 is 1.95 bits per heavy atom. The SMILES string of the molecule is O=C(C1CCN(Cn2cc(Cl)cn2)CC1)N1CCCC1. The predicted octanol–water partition coefficient (Wildman–Crippen LogP) is 1.83. The van der Waals surface area contributed by atoms with Gasteiger partial charge in [0.2, 0.25) is 5.91 Å². The van der Waals surface area contributed by atoms with E-state index in [2.05, 4.69) is 10.00 Å². The van der Waals surface area contributed by atoms with Gasteiger partial charge in [0.05, 0.1) is 17.9 Å². The Hall–Kier alpha value is -1.07. The molecular formula is C14H21ClN4O. The van der Waals surface area contributed by atoms with Crippen LogP contribution in [0.4, 0.5) is 0 Å². The molecule has 1 aromatic rings. The van der Waals surface area contributed by atoms with E-state index in [0.29, 0.717) is 10.9 Å². The standard InChI is InChI=1S/C14H21ClN4O/c15-13-9-16-19(10-13)11-17-7-3-12(4-8-17)14(20)18-5-1-2-6-18/h9-10,12H,1-8,11H2. The number of carbonyl (C=O) groups is 1. The van der Waals surface area contributed by atoms with Gasteiger partial charge in [-0.05, 0) is 25.7 Å². The quantitative estimate of drug-likeness (QED) is 0.854. The number of nitrogens with zero attached hydrogens (tertiary/aromatic N) is 4. The van der Waals surface area contributed by atoms with E-state index in [0.717, 1.165) is 45.7 Å². The Morgan fingerprint density at radius 1 is 1.25 bits per heavy atom. The predicted molar refractivity (Wildman–Crippen MR) is 77.3 cm³/mol. The van der Waals surface area contributed by atoms with Crippen molar-refractivity contribution in [2.45, 2.75) is 32.4 Å². The Morgan fingerprint density at radius 3 is 2.55 bits per heavy atom. The first-order chi connectivity index (χ1) is 9.72. The van der Waals surface area contributed by atoms with Gasteiger partial charge in [0.25, 0.3) is 0 Å². The fourth-order valence-corrected chi connectivity index (χ4v) is 3.29. The maximum Gasteiger partial charge on any atom is 0.225 e. The van der Waals surface area contributed by atoms with Crippen LogP contribution in [-0.4, -0.2) is 51.7 Å². The van der Waals surface area contributed by atoms with E-state index in [4.69, 9.17) is 11.6 Å². The number of likely N-dealkylation sites (tertiary alicyclic amines) is 2. The largest absolute Gasteiger partial charge is 0.342 e. The lowest BCUT2D eigenvalue weighted by molar-refractivity contribution is -0.136. The first-order valence-corrected chi connectivity index (χ1v) is 7.79. The number of hydrogen-bond acceptors (Lipinski definition) is 3. The topological polar surface area (TPSA) is 41.4 Å². The molecule has 20 heavy (non-hydrogen) atoms. The second kappa shape index (κ2) is 6.14. The van der Waals surface area contributed by atoms with Crippen molar-refractivity contribution >= 4 is 17.5 Å². The summed E-state index contributed by atoms with van der Waals surface area (Å²) in [6.45, 7) is 4.61. The van der Waals surface area contributed by atoms with Gasteiger partial charge in [-0.1, -0.05) is 11.6 Å². The zero-order valence-electron chi connectivity index (χ0n) is 11.7. The van der Waals surface area contributed by atoms with Crippen molar-refractivity contribution in [3.8, 4) is 0 Å². The van der Waals surface area contributed by atoms with Crippen molar-refractivity contribution in [2.24, 2.45) is 5.92 Å². The lowest BCUT2D eigenvalue weighted by Crippen LogP contribution is -2.42. The van der Waals surface area contributed by atoms with E-state index in [1.165, 1.54) is 12.8 Å². The maximum absolute atomic E-state index is 12.3. The van der Waals surface area contributed by atoms with Crippen LogP contribution in [0.3, 0.4) is 0 Å². The molecule has 0 aliphatic carbocycles. The van der Waals surface area contributed by atoms with Crippen LogP contribution in [0.1, 0.15) is 25.7 Å². The Bertz CT molecular complexity index is 461. The van der Waals surface area contributed by atoms with Crippen molar-refractivity contribution < 1.29 is 4.79 Å². The van der Waals surface area contributed by atoms with Gasteiger partial charge in [0.1, 0.15) is 0 Å². The molecule has 5 nitrogen and oxygen atoms in total. The zero-order chi connectivity index (χ0) is 13.9. The van der Waals surface area contributed by atoms with E-state index in [9.17, 15) is 4.79 Å². The number of aromatic nitrogens is 2. The van der Waals surface area contributed by atoms with Crippen LogP contribution < -0.4 is 0 Å². The minimum Gasteiger partial charge on any atom is -0.342 e. The van der Waals surface area contributed by atoms with Gasteiger partial charge >= 0.3 is 0 Å². The van der Waals surface area contributed by atoms with Crippen molar-refractivity contribution in [3.63, 3.8) is 0 Å². The highest BCUT2D eigenvalue weighted by atomic mass is 35.5. The molecule has 0 unspecified atom stereocenters. The lowest BCUT2D eigenvalue weighted by atomic mass is 9.95. The Kier molecular flexibility index (Phi) is 4.27. The number of carbonyl (C=O) groups excluding carboxylic acids is 1. The molecule has 1 aromatic heterocycles. The van der Waals surface area contributed by atoms with Gasteiger partial charge in [-0.25, -0.2) is 0 Å². The zero-order valence-corrected chi connectivity index (χ0v) is 12.4. The molecule has 3 heterocycles. The normalized spacial score (nSPS) is 21.6. The van der Waals surface area contributed by atoms with Crippen LogP contribution in [0.5, 0.6) is 0 Å². The summed E-state index contributed by atoms with van der Waals surface area (Å²) >= 11 is 5.86. The highest BCUT2D eigenvalue weighted by molar-refractivity contribution is 6.30. The molecule has 3 rings (SSSR count). The summed E-state index contributed by atoms with van der Waals surface area (Å²) in [6, 6.07) is 0. The fraction of sp³-hybridized carbons (Fsp3) is 0.714. The van der Waals surface area contributed by atoms with Gasteiger partial charge in [0.15, 0.2) is 0 Å². The molecule has 0 spiro atoms. The highest BCUT2D eigenvalue weighted by Gasteiger charge is 2.29. The van der Waals surface area contributed by atoms with E-state index in [1.54, 1.807) is 6.20 Å². The van der Waals surface area contributed by atoms with Crippen LogP contribution in [-0.2, 0) is 11.5 Å². The minimum atomic E-state index is 0.227. The molecule has 0 aromatic carbocycles. The third-order valence-electron chi connectivity index (χ3n) is 4.30. The van der Waals surface area contributed by atoms with E-state index in [1.807, 2.05) is 15.8 Å². The van der Waals surface area contributed by atoms with E-state index >= 15 is 0 Å². The molecule has 2 aliphatic heterocycles. The number of amides is 1. The second-order valence-electron chi connectivity index (χ2n) is 5.76. The molecule has 0 radical (unpaired) electrons. The summed E-state index contributed by atoms with van der Waals surface area (Å²) in [6.07, 6.45) is 7.76. The molecule has 0 bridgehead atoms. The maximum atomic E-state index is 12.3. The van der Waals surface area contributed by atoms with Gasteiger partial charge in [-0.2, -0.15) is 5.10 Å². The molecule has 2 saturated heterocycles. The second-order valence-corrected chi connectivity index (χ2v) is 6.20. The third kappa shape index (κ3) is 3.15. The summed E-state index contributed by atoms with van der Waals surface area (Å²) in [7, 11) is 0. The van der Waals surface area contributed by atoms with E-state index in [-0.39, 0.29) is 5.92 Å². The van der Waals surface area contributed by atoms with Crippen LogP contribution in [0.15, 0.2) is 12.4 Å². The molecule has 2 aliphatic rings. The van der Waals surface area contributed by atoms with Gasteiger partial charge in [-0.3, -0.25) is 14.4 Å². The highest BCUT2D eigenvalue weighted by Crippen LogP contribution is 2.22. The average molecular weight is 297 g/mol.